The van der Waals surface area contributed by atoms with Gasteiger partial charge in [0.15, 0.2) is 5.03 Å². The van der Waals surface area contributed by atoms with Crippen molar-refractivity contribution in [2.24, 2.45) is 0 Å². The highest BCUT2D eigenvalue weighted by Gasteiger charge is 2.36. The summed E-state index contributed by atoms with van der Waals surface area (Å²) in [5.41, 5.74) is 1.94. The molecule has 1 heterocycles. The number of nitrogens with one attached hydrogen (secondary N) is 1. The summed E-state index contributed by atoms with van der Waals surface area (Å²) in [6.45, 7) is 1.79. The minimum atomic E-state index is -1.25. The summed E-state index contributed by atoms with van der Waals surface area (Å²) in [4.78, 5) is 24.2. The van der Waals surface area contributed by atoms with Crippen LogP contribution < -0.4 is 10.1 Å². The lowest BCUT2D eigenvalue weighted by Gasteiger charge is -2.17. The first kappa shape index (κ1) is 17.8. The number of cyclic esters (lactones) is 1. The van der Waals surface area contributed by atoms with E-state index < -0.39 is 18.2 Å². The number of rotatable bonds is 5. The summed E-state index contributed by atoms with van der Waals surface area (Å²) in [5, 5.41) is 2.80. The molecule has 6 nitrogen and oxygen atoms in total. The van der Waals surface area contributed by atoms with E-state index in [1.165, 1.54) is 0 Å². The molecule has 0 saturated carbocycles. The lowest BCUT2D eigenvalue weighted by atomic mass is 10.1. The van der Waals surface area contributed by atoms with Crippen LogP contribution in [0, 0.1) is 6.92 Å². The van der Waals surface area contributed by atoms with Gasteiger partial charge in [-0.2, -0.15) is 0 Å². The minimum absolute atomic E-state index is 0.164. The zero-order valence-electron chi connectivity index (χ0n) is 14.1. The molecule has 1 aliphatic rings. The molecule has 7 heteroatoms. The molecule has 0 aromatic heterocycles. The maximum Gasteiger partial charge on any atom is 0.355 e. The van der Waals surface area contributed by atoms with Crippen molar-refractivity contribution in [3.8, 4) is 5.75 Å². The van der Waals surface area contributed by atoms with Gasteiger partial charge in [-0.1, -0.05) is 29.8 Å². The Morgan fingerprint density at radius 1 is 1.15 bits per heavy atom. The SMILES string of the molecule is COc1ccc(NC2=C(Cl)C(=O)O[C@H]2OC(=O)c2ccccc2C)cc1. The van der Waals surface area contributed by atoms with Crippen LogP contribution >= 0.6 is 11.6 Å². The van der Waals surface area contributed by atoms with Crippen molar-refractivity contribution in [1.82, 2.24) is 0 Å². The number of ether oxygens (including phenoxy) is 3. The largest absolute Gasteiger partial charge is 0.497 e. The summed E-state index contributed by atoms with van der Waals surface area (Å²) in [7, 11) is 1.56. The molecule has 0 spiro atoms. The van der Waals surface area contributed by atoms with Gasteiger partial charge in [0.25, 0.3) is 6.29 Å². The molecule has 2 aromatic carbocycles. The summed E-state index contributed by atoms with van der Waals surface area (Å²) < 4.78 is 15.5. The third-order valence-electron chi connectivity index (χ3n) is 3.81. The molecule has 1 aliphatic heterocycles. The fourth-order valence-corrected chi connectivity index (χ4v) is 2.59. The molecule has 134 valence electrons. The Morgan fingerprint density at radius 2 is 1.85 bits per heavy atom. The Bertz CT molecular complexity index is 876. The predicted octanol–water partition coefficient (Wildman–Crippen LogP) is 3.61. The molecular weight excluding hydrogens is 358 g/mol. The van der Waals surface area contributed by atoms with Gasteiger partial charge in [-0.25, -0.2) is 9.59 Å². The number of hydrogen-bond donors (Lipinski definition) is 1. The van der Waals surface area contributed by atoms with Crippen molar-refractivity contribution in [2.45, 2.75) is 13.2 Å². The van der Waals surface area contributed by atoms with Gasteiger partial charge in [0.2, 0.25) is 0 Å². The van der Waals surface area contributed by atoms with Crippen molar-refractivity contribution in [1.29, 1.82) is 0 Å². The second kappa shape index (κ2) is 7.49. The van der Waals surface area contributed by atoms with Crippen LogP contribution in [0.3, 0.4) is 0 Å². The van der Waals surface area contributed by atoms with Crippen LogP contribution in [-0.2, 0) is 14.3 Å². The van der Waals surface area contributed by atoms with Crippen LogP contribution in [0.1, 0.15) is 15.9 Å². The topological polar surface area (TPSA) is 73.9 Å². The van der Waals surface area contributed by atoms with E-state index in [0.717, 1.165) is 5.56 Å². The Balaban J connectivity index is 1.79. The average molecular weight is 374 g/mol. The van der Waals surface area contributed by atoms with E-state index in [0.29, 0.717) is 17.0 Å². The van der Waals surface area contributed by atoms with Crippen molar-refractivity contribution in [3.05, 3.63) is 70.4 Å². The van der Waals surface area contributed by atoms with Gasteiger partial charge < -0.3 is 19.5 Å². The number of aryl methyl sites for hydroxylation is 1. The van der Waals surface area contributed by atoms with Gasteiger partial charge in [0, 0.05) is 5.69 Å². The first-order valence-corrected chi connectivity index (χ1v) is 8.15. The number of carbonyl (C=O) groups is 2. The Morgan fingerprint density at radius 3 is 2.50 bits per heavy atom. The molecule has 26 heavy (non-hydrogen) atoms. The lowest BCUT2D eigenvalue weighted by Crippen LogP contribution is -2.24. The van der Waals surface area contributed by atoms with Crippen molar-refractivity contribution in [2.75, 3.05) is 12.4 Å². The fraction of sp³-hybridized carbons (Fsp3) is 0.158. The summed E-state index contributed by atoms with van der Waals surface area (Å²) in [5.74, 6) is -0.691. The fourth-order valence-electron chi connectivity index (χ4n) is 2.41. The zero-order chi connectivity index (χ0) is 18.7. The number of anilines is 1. The van der Waals surface area contributed by atoms with Gasteiger partial charge in [-0.05, 0) is 42.8 Å². The van der Waals surface area contributed by atoms with Crippen LogP contribution in [0.5, 0.6) is 5.75 Å². The maximum absolute atomic E-state index is 12.4. The zero-order valence-corrected chi connectivity index (χ0v) is 14.9. The molecule has 0 radical (unpaired) electrons. The summed E-state index contributed by atoms with van der Waals surface area (Å²) in [6.07, 6.45) is -1.25. The van der Waals surface area contributed by atoms with Gasteiger partial charge in [0.1, 0.15) is 11.4 Å². The van der Waals surface area contributed by atoms with Gasteiger partial charge in [-0.15, -0.1) is 0 Å². The lowest BCUT2D eigenvalue weighted by molar-refractivity contribution is -0.152. The van der Waals surface area contributed by atoms with Crippen molar-refractivity contribution >= 4 is 29.2 Å². The summed E-state index contributed by atoms with van der Waals surface area (Å²) in [6, 6.07) is 13.9. The highest BCUT2D eigenvalue weighted by Crippen LogP contribution is 2.29. The number of carbonyl (C=O) groups excluding carboxylic acids is 2. The highest BCUT2D eigenvalue weighted by atomic mass is 35.5. The Hall–Kier alpha value is -2.99. The number of esters is 2. The van der Waals surface area contributed by atoms with E-state index in [9.17, 15) is 9.59 Å². The normalized spacial score (nSPS) is 16.3. The van der Waals surface area contributed by atoms with E-state index in [-0.39, 0.29) is 10.7 Å². The van der Waals surface area contributed by atoms with Gasteiger partial charge in [-0.3, -0.25) is 0 Å². The molecule has 2 aromatic rings. The molecule has 0 amide bonds. The van der Waals surface area contributed by atoms with Crippen LogP contribution in [-0.4, -0.2) is 25.3 Å². The van der Waals surface area contributed by atoms with Gasteiger partial charge >= 0.3 is 11.9 Å². The molecule has 1 N–H and O–H groups in total. The average Bonchev–Trinajstić information content (AvgIpc) is 2.90. The first-order valence-electron chi connectivity index (χ1n) is 7.78. The van der Waals surface area contributed by atoms with Crippen LogP contribution in [0.25, 0.3) is 0 Å². The minimum Gasteiger partial charge on any atom is -0.497 e. The second-order valence-corrected chi connectivity index (χ2v) is 5.92. The number of halogens is 1. The van der Waals surface area contributed by atoms with E-state index in [2.05, 4.69) is 5.32 Å². The van der Waals surface area contributed by atoms with Crippen molar-refractivity contribution < 1.29 is 23.8 Å². The van der Waals surface area contributed by atoms with E-state index in [4.69, 9.17) is 25.8 Å². The van der Waals surface area contributed by atoms with E-state index in [1.807, 2.05) is 6.07 Å². The molecule has 1 atom stereocenters. The molecule has 0 unspecified atom stereocenters. The van der Waals surface area contributed by atoms with Crippen LogP contribution in [0.4, 0.5) is 5.69 Å². The number of hydrogen-bond acceptors (Lipinski definition) is 6. The Labute approximate surface area is 155 Å². The predicted molar refractivity (Wildman–Crippen MR) is 96.0 cm³/mol. The molecule has 0 aliphatic carbocycles. The molecule has 0 fully saturated rings. The van der Waals surface area contributed by atoms with E-state index >= 15 is 0 Å². The standard InChI is InChI=1S/C19H16ClNO5/c1-11-5-3-4-6-14(11)17(22)25-19-16(15(20)18(23)26-19)21-12-7-9-13(24-2)10-8-12/h3-10,19,21H,1-2H3/t19-/m1/s1. The van der Waals surface area contributed by atoms with E-state index in [1.54, 1.807) is 56.5 Å². The summed E-state index contributed by atoms with van der Waals surface area (Å²) >= 11 is 6.02. The molecular formula is C19H16ClNO5. The second-order valence-electron chi connectivity index (χ2n) is 5.54. The van der Waals surface area contributed by atoms with Crippen LogP contribution in [0.15, 0.2) is 59.3 Å². The van der Waals surface area contributed by atoms with Crippen LogP contribution in [0.2, 0.25) is 0 Å². The maximum atomic E-state index is 12.4. The number of benzene rings is 2. The third-order valence-corrected chi connectivity index (χ3v) is 4.17. The molecule has 0 saturated heterocycles. The third kappa shape index (κ3) is 3.65. The van der Waals surface area contributed by atoms with Crippen molar-refractivity contribution in [3.63, 3.8) is 0 Å². The highest BCUT2D eigenvalue weighted by molar-refractivity contribution is 6.42. The molecule has 3 rings (SSSR count). The monoisotopic (exact) mass is 373 g/mol. The van der Waals surface area contributed by atoms with Gasteiger partial charge in [0.05, 0.1) is 12.7 Å². The molecule has 0 bridgehead atoms. The number of methoxy groups -OCH3 is 1. The quantitative estimate of drug-likeness (QED) is 0.807. The first-order chi connectivity index (χ1) is 12.5. The Kier molecular flexibility index (Phi) is 5.14. The smallest absolute Gasteiger partial charge is 0.355 e.